The highest BCUT2D eigenvalue weighted by Gasteiger charge is 2.32. The predicted octanol–water partition coefficient (Wildman–Crippen LogP) is 2.45. The summed E-state index contributed by atoms with van der Waals surface area (Å²) in [6, 6.07) is 7.90. The minimum absolute atomic E-state index is 0.0292. The molecule has 1 aromatic heterocycles. The molecule has 0 saturated heterocycles. The van der Waals surface area contributed by atoms with Crippen LogP contribution in [-0.2, 0) is 13.6 Å². The van der Waals surface area contributed by atoms with E-state index in [2.05, 4.69) is 24.1 Å². The van der Waals surface area contributed by atoms with E-state index in [0.29, 0.717) is 24.5 Å². The normalized spacial score (nSPS) is 14.3. The number of carbonyl (C=O) groups excluding carboxylic acids is 1. The molecule has 0 bridgehead atoms. The molecule has 7 heteroatoms. The number of ketones is 1. The summed E-state index contributed by atoms with van der Waals surface area (Å²) in [5.41, 5.74) is 1.31. The fraction of sp³-hybridized carbons (Fsp3) is 0.381. The minimum atomic E-state index is -0.565. The molecule has 28 heavy (non-hydrogen) atoms. The first-order chi connectivity index (χ1) is 13.4. The first-order valence-corrected chi connectivity index (χ1v) is 9.65. The standard InChI is InChI=1S/C21H26N4O3/c1-5-12-25-19-17(20(27)23(4)21(25)28)18(26)16(22-19)13-14-8-10-15(11-9-14)24(6-2)7-3/h8-11,13,22H,5-7,12H2,1-4H3. The van der Waals surface area contributed by atoms with Gasteiger partial charge in [0.05, 0.1) is 5.70 Å². The van der Waals surface area contributed by atoms with Gasteiger partial charge < -0.3 is 10.2 Å². The van der Waals surface area contributed by atoms with Crippen LogP contribution in [0.3, 0.4) is 0 Å². The lowest BCUT2D eigenvalue weighted by Crippen LogP contribution is -2.40. The Labute approximate surface area is 163 Å². The summed E-state index contributed by atoms with van der Waals surface area (Å²) in [6.07, 6.45) is 2.43. The number of hydrogen-bond donors (Lipinski definition) is 1. The first kappa shape index (κ1) is 19.7. The third kappa shape index (κ3) is 3.28. The number of Topliss-reactive ketones (excluding diaryl/α,β-unsaturated/α-hetero) is 1. The number of carbonyl (C=O) groups is 1. The van der Waals surface area contributed by atoms with Crippen molar-refractivity contribution in [2.75, 3.05) is 23.3 Å². The molecule has 0 fully saturated rings. The van der Waals surface area contributed by atoms with E-state index in [1.165, 1.54) is 11.6 Å². The van der Waals surface area contributed by atoms with Crippen LogP contribution in [0.15, 0.2) is 39.6 Å². The zero-order valence-electron chi connectivity index (χ0n) is 16.8. The van der Waals surface area contributed by atoms with Crippen molar-refractivity contribution in [1.29, 1.82) is 0 Å². The van der Waals surface area contributed by atoms with Gasteiger partial charge >= 0.3 is 5.69 Å². The maximum absolute atomic E-state index is 12.8. The molecule has 1 aromatic carbocycles. The Kier molecular flexibility index (Phi) is 5.53. The first-order valence-electron chi connectivity index (χ1n) is 9.65. The van der Waals surface area contributed by atoms with Crippen molar-refractivity contribution in [3.63, 3.8) is 0 Å². The molecule has 0 saturated carbocycles. The van der Waals surface area contributed by atoms with Gasteiger partial charge in [-0.25, -0.2) is 4.79 Å². The van der Waals surface area contributed by atoms with Gasteiger partial charge in [0.25, 0.3) is 5.56 Å². The summed E-state index contributed by atoms with van der Waals surface area (Å²) in [5, 5.41) is 3.01. The number of nitrogens with one attached hydrogen (secondary N) is 1. The van der Waals surface area contributed by atoms with Crippen molar-refractivity contribution < 1.29 is 4.79 Å². The fourth-order valence-electron chi connectivity index (χ4n) is 3.49. The van der Waals surface area contributed by atoms with Gasteiger partial charge in [-0.2, -0.15) is 0 Å². The largest absolute Gasteiger partial charge is 0.372 e. The van der Waals surface area contributed by atoms with E-state index in [1.54, 1.807) is 6.08 Å². The highest BCUT2D eigenvalue weighted by molar-refractivity contribution is 6.19. The molecule has 2 heterocycles. The zero-order valence-corrected chi connectivity index (χ0v) is 16.8. The lowest BCUT2D eigenvalue weighted by Gasteiger charge is -2.20. The fourth-order valence-corrected chi connectivity index (χ4v) is 3.49. The van der Waals surface area contributed by atoms with Crippen LogP contribution in [0.1, 0.15) is 43.1 Å². The van der Waals surface area contributed by atoms with Crippen molar-refractivity contribution in [3.05, 3.63) is 61.9 Å². The van der Waals surface area contributed by atoms with E-state index in [1.807, 2.05) is 31.2 Å². The number of aromatic nitrogens is 2. The number of hydrogen-bond acceptors (Lipinski definition) is 5. The Hall–Kier alpha value is -3.09. The zero-order chi connectivity index (χ0) is 20.4. The summed E-state index contributed by atoms with van der Waals surface area (Å²) in [6.45, 7) is 8.42. The molecule has 0 aliphatic carbocycles. The number of benzene rings is 1. The van der Waals surface area contributed by atoms with Crippen molar-refractivity contribution in [1.82, 2.24) is 9.13 Å². The Morgan fingerprint density at radius 3 is 2.25 bits per heavy atom. The second kappa shape index (κ2) is 7.88. The van der Waals surface area contributed by atoms with Crippen molar-refractivity contribution >= 4 is 23.4 Å². The van der Waals surface area contributed by atoms with E-state index in [9.17, 15) is 14.4 Å². The number of nitrogens with zero attached hydrogens (tertiary/aromatic N) is 3. The molecule has 0 spiro atoms. The molecular formula is C21H26N4O3. The van der Waals surface area contributed by atoms with Crippen molar-refractivity contribution in [3.8, 4) is 0 Å². The molecular weight excluding hydrogens is 356 g/mol. The van der Waals surface area contributed by atoms with E-state index in [4.69, 9.17) is 0 Å². The average Bonchev–Trinajstić information content (AvgIpc) is 3.02. The van der Waals surface area contributed by atoms with Gasteiger partial charge in [0, 0.05) is 32.4 Å². The van der Waals surface area contributed by atoms with Crippen LogP contribution in [0.2, 0.25) is 0 Å². The monoisotopic (exact) mass is 382 g/mol. The Balaban J connectivity index is 2.00. The van der Waals surface area contributed by atoms with Crippen LogP contribution < -0.4 is 21.5 Å². The molecule has 1 aliphatic rings. The molecule has 1 N–H and O–H groups in total. The third-order valence-electron chi connectivity index (χ3n) is 5.05. The number of allylic oxidation sites excluding steroid dienone is 1. The SMILES string of the molecule is CCCn1c2c(c(=O)n(C)c1=O)C(=O)C(=Cc1ccc(N(CC)CC)cc1)N2. The van der Waals surface area contributed by atoms with Crippen molar-refractivity contribution in [2.24, 2.45) is 7.05 Å². The van der Waals surface area contributed by atoms with Gasteiger partial charge in [-0.15, -0.1) is 0 Å². The summed E-state index contributed by atoms with van der Waals surface area (Å²) < 4.78 is 2.45. The molecule has 7 nitrogen and oxygen atoms in total. The minimum Gasteiger partial charge on any atom is -0.372 e. The van der Waals surface area contributed by atoms with Gasteiger partial charge in [-0.3, -0.25) is 18.7 Å². The van der Waals surface area contributed by atoms with E-state index in [-0.39, 0.29) is 11.3 Å². The van der Waals surface area contributed by atoms with Crippen LogP contribution in [0.25, 0.3) is 6.08 Å². The number of fused-ring (bicyclic) bond motifs is 1. The van der Waals surface area contributed by atoms with Crippen LogP contribution in [0.5, 0.6) is 0 Å². The van der Waals surface area contributed by atoms with Gasteiger partial charge in [0.2, 0.25) is 5.78 Å². The highest BCUT2D eigenvalue weighted by Crippen LogP contribution is 2.26. The summed E-state index contributed by atoms with van der Waals surface area (Å²) >= 11 is 0. The van der Waals surface area contributed by atoms with Crippen LogP contribution in [0.4, 0.5) is 11.5 Å². The van der Waals surface area contributed by atoms with E-state index < -0.39 is 11.2 Å². The predicted molar refractivity (Wildman–Crippen MR) is 112 cm³/mol. The topological polar surface area (TPSA) is 76.3 Å². The highest BCUT2D eigenvalue weighted by atomic mass is 16.2. The Morgan fingerprint density at radius 1 is 1.04 bits per heavy atom. The molecule has 1 aliphatic heterocycles. The summed E-state index contributed by atoms with van der Waals surface area (Å²) in [7, 11) is 1.40. The maximum Gasteiger partial charge on any atom is 0.332 e. The van der Waals surface area contributed by atoms with E-state index >= 15 is 0 Å². The summed E-state index contributed by atoms with van der Waals surface area (Å²) in [4.78, 5) is 40.0. The third-order valence-corrected chi connectivity index (χ3v) is 5.05. The Bertz CT molecular complexity index is 1040. The molecule has 3 rings (SSSR count). The second-order valence-corrected chi connectivity index (χ2v) is 6.80. The van der Waals surface area contributed by atoms with Crippen LogP contribution in [0, 0.1) is 0 Å². The number of anilines is 2. The quantitative estimate of drug-likeness (QED) is 0.777. The van der Waals surface area contributed by atoms with Gasteiger partial charge in [0.15, 0.2) is 0 Å². The molecule has 2 aromatic rings. The van der Waals surface area contributed by atoms with Crippen molar-refractivity contribution in [2.45, 2.75) is 33.7 Å². The lowest BCUT2D eigenvalue weighted by atomic mass is 10.1. The van der Waals surface area contributed by atoms with Crippen LogP contribution >= 0.6 is 0 Å². The average molecular weight is 382 g/mol. The smallest absolute Gasteiger partial charge is 0.332 e. The van der Waals surface area contributed by atoms with Gasteiger partial charge in [0.1, 0.15) is 11.4 Å². The molecule has 0 amide bonds. The lowest BCUT2D eigenvalue weighted by molar-refractivity contribution is 0.104. The molecule has 0 radical (unpaired) electrons. The molecule has 0 atom stereocenters. The Morgan fingerprint density at radius 2 is 1.68 bits per heavy atom. The van der Waals surface area contributed by atoms with E-state index in [0.717, 1.165) is 28.9 Å². The summed E-state index contributed by atoms with van der Waals surface area (Å²) in [5.74, 6) is -0.0840. The number of rotatable bonds is 6. The maximum atomic E-state index is 12.8. The van der Waals surface area contributed by atoms with Crippen LogP contribution in [-0.4, -0.2) is 28.0 Å². The van der Waals surface area contributed by atoms with Gasteiger partial charge in [-0.1, -0.05) is 19.1 Å². The second-order valence-electron chi connectivity index (χ2n) is 6.80. The van der Waals surface area contributed by atoms with Gasteiger partial charge in [-0.05, 0) is 44.0 Å². The molecule has 0 unspecified atom stereocenters. The molecule has 148 valence electrons.